The minimum absolute atomic E-state index is 0.0314. The molecule has 0 aliphatic heterocycles. The average molecular weight is 1160 g/mol. The van der Waals surface area contributed by atoms with Gasteiger partial charge in [0.05, 0.1) is 53.8 Å². The van der Waals surface area contributed by atoms with Crippen LogP contribution in [0.3, 0.4) is 0 Å². The molecule has 78 heavy (non-hydrogen) atoms. The third-order valence-electron chi connectivity index (χ3n) is 8.90. The number of hydrogen-bond acceptors (Lipinski definition) is 28. The van der Waals surface area contributed by atoms with Crippen molar-refractivity contribution in [2.45, 2.75) is 35.5 Å². The summed E-state index contributed by atoms with van der Waals surface area (Å²) in [7, 11) is -4.41. The van der Waals surface area contributed by atoms with Crippen LogP contribution in [0.25, 0.3) is 0 Å². The number of carbonyl (C=O) groups is 6. The summed E-state index contributed by atoms with van der Waals surface area (Å²) >= 11 is 0.872. The maximum absolute atomic E-state index is 12.6. The molecule has 0 bridgehead atoms. The van der Waals surface area contributed by atoms with Crippen LogP contribution >= 0.6 is 11.3 Å². The smallest absolute Gasteiger partial charge is 0.349 e. The first-order valence-electron chi connectivity index (χ1n) is 21.0. The molecule has 416 valence electrons. The van der Waals surface area contributed by atoms with Gasteiger partial charge in [-0.15, -0.1) is 11.3 Å². The highest BCUT2D eigenvalue weighted by molar-refractivity contribution is 7.90. The van der Waals surface area contributed by atoms with Crippen molar-refractivity contribution in [2.24, 2.45) is 0 Å². The molecule has 0 radical (unpaired) electrons. The van der Waals surface area contributed by atoms with Gasteiger partial charge in [0.25, 0.3) is 30.1 Å². The van der Waals surface area contributed by atoms with E-state index >= 15 is 0 Å². The Balaban J connectivity index is 0.000000253. The summed E-state index contributed by atoms with van der Waals surface area (Å²) in [5, 5.41) is 5.70. The summed E-state index contributed by atoms with van der Waals surface area (Å²) in [4.78, 5) is 106. The van der Waals surface area contributed by atoms with E-state index in [0.29, 0.717) is 0 Å². The number of urea groups is 3. The molecular formula is C41H45N15O18S4. The molecule has 5 N–H and O–H groups in total. The lowest BCUT2D eigenvalue weighted by Crippen LogP contribution is -2.42. The monoisotopic (exact) mass is 1160 g/mol. The summed E-state index contributed by atoms with van der Waals surface area (Å²) in [6.07, 6.45) is 0. The Morgan fingerprint density at radius 1 is 0.474 bits per heavy atom. The maximum atomic E-state index is 12.6. The summed E-state index contributed by atoms with van der Waals surface area (Å²) in [6, 6.07) is 8.40. The van der Waals surface area contributed by atoms with Crippen LogP contribution in [0.4, 0.5) is 32.2 Å². The summed E-state index contributed by atoms with van der Waals surface area (Å²) in [5.74, 6) is -2.27. The first-order valence-corrected chi connectivity index (χ1v) is 26.3. The van der Waals surface area contributed by atoms with Gasteiger partial charge in [0.2, 0.25) is 17.8 Å². The van der Waals surface area contributed by atoms with Crippen molar-refractivity contribution in [1.82, 2.24) is 59.0 Å². The fourth-order valence-corrected chi connectivity index (χ4v) is 10.1. The van der Waals surface area contributed by atoms with Crippen LogP contribution < -0.4 is 43.9 Å². The van der Waals surface area contributed by atoms with E-state index in [-0.39, 0.29) is 74.2 Å². The maximum Gasteiger partial charge on any atom is 0.349 e. The van der Waals surface area contributed by atoms with Crippen molar-refractivity contribution < 1.29 is 82.4 Å². The Labute approximate surface area is 447 Å². The molecule has 0 unspecified atom stereocenters. The van der Waals surface area contributed by atoms with Crippen LogP contribution in [0.2, 0.25) is 0 Å². The number of esters is 3. The molecule has 0 aliphatic rings. The van der Waals surface area contributed by atoms with Crippen LogP contribution in [0.5, 0.6) is 18.0 Å². The van der Waals surface area contributed by atoms with E-state index in [0.717, 1.165) is 43.6 Å². The number of sulfonamides is 3. The predicted octanol–water partition coefficient (Wildman–Crippen LogP) is 1.54. The molecule has 6 amide bonds. The Kier molecular flexibility index (Phi) is 21.1. The summed E-state index contributed by atoms with van der Waals surface area (Å²) < 4.78 is 108. The number of carbonyl (C=O) groups excluding carboxylic acids is 6. The number of nitrogens with zero attached hydrogens (tertiary/aromatic N) is 10. The van der Waals surface area contributed by atoms with Crippen LogP contribution in [0, 0.1) is 20.8 Å². The second-order valence-corrected chi connectivity index (χ2v) is 20.1. The van der Waals surface area contributed by atoms with Crippen molar-refractivity contribution in [3.8, 4) is 18.0 Å². The van der Waals surface area contributed by atoms with Crippen LogP contribution in [-0.4, -0.2) is 156 Å². The second kappa shape index (κ2) is 26.9. The number of ether oxygens (including phenoxy) is 6. The van der Waals surface area contributed by atoms with Gasteiger partial charge < -0.3 is 28.4 Å². The third kappa shape index (κ3) is 16.6. The number of aromatic nitrogens is 9. The van der Waals surface area contributed by atoms with E-state index < -0.39 is 75.9 Å². The zero-order valence-electron chi connectivity index (χ0n) is 42.2. The van der Waals surface area contributed by atoms with Crippen molar-refractivity contribution in [3.63, 3.8) is 0 Å². The number of methoxy groups -OCH3 is 6. The molecule has 0 aliphatic carbocycles. The minimum Gasteiger partial charge on any atom is -0.467 e. The van der Waals surface area contributed by atoms with Gasteiger partial charge >= 0.3 is 54.0 Å². The van der Waals surface area contributed by atoms with Gasteiger partial charge in [-0.1, -0.05) is 24.3 Å². The fraction of sp³-hybridized carbons (Fsp3) is 0.244. The molecule has 0 saturated carbocycles. The number of nitrogens with one attached hydrogen (secondary N) is 5. The van der Waals surface area contributed by atoms with E-state index in [4.69, 9.17) is 14.2 Å². The number of rotatable bonds is 15. The highest BCUT2D eigenvalue weighted by atomic mass is 32.2. The molecule has 33 nitrogen and oxygen atoms in total. The van der Waals surface area contributed by atoms with Gasteiger partial charge in [-0.25, -0.2) is 68.2 Å². The Morgan fingerprint density at radius 2 is 0.859 bits per heavy atom. The Hall–Kier alpha value is -9.36. The molecular weight excluding hydrogens is 1120 g/mol. The van der Waals surface area contributed by atoms with E-state index in [1.54, 1.807) is 16.4 Å². The average Bonchev–Trinajstić information content (AvgIpc) is 3.93. The van der Waals surface area contributed by atoms with E-state index in [1.165, 1.54) is 96.1 Å². The molecule has 0 spiro atoms. The van der Waals surface area contributed by atoms with Crippen LogP contribution in [0.1, 0.15) is 47.9 Å². The zero-order chi connectivity index (χ0) is 58.1. The van der Waals surface area contributed by atoms with Gasteiger partial charge in [-0.05, 0) is 56.5 Å². The highest BCUT2D eigenvalue weighted by Gasteiger charge is 2.29. The number of amides is 6. The van der Waals surface area contributed by atoms with Crippen molar-refractivity contribution in [1.29, 1.82) is 0 Å². The first-order chi connectivity index (χ1) is 36.7. The SMILES string of the molecule is COC(=O)c1ccccc1S(=O)(=O)NC(=O)N(C)c1nc(C)nc(OC)n1.COC(=O)c1ccccc1S(=O)(=O)NC(=O)Nc1nc(C)nc(OC)n1.COC(=O)c1sccc1S(=O)(=O)NC(=O)Nc1nc(C)nc(OC)n1. The van der Waals surface area contributed by atoms with Crippen molar-refractivity contribution >= 4 is 95.3 Å². The Bertz CT molecular complexity index is 3570. The largest absolute Gasteiger partial charge is 0.467 e. The quantitative estimate of drug-likeness (QED) is 0.0719. The lowest BCUT2D eigenvalue weighted by Gasteiger charge is -2.17. The topological polar surface area (TPSA) is 440 Å². The standard InChI is InChI=1S/C15H17N5O6S.C14H15N5O6S.C12H13N5O6S2/c1-9-16-13(18-14(17-9)26-4)20(2)15(22)19-27(23,24)11-8-6-5-7-10(11)12(21)25-3;1-8-15-12(18-14(16-8)25-3)17-13(21)19-26(22,23)10-7-5-4-6-9(10)11(20)24-2;1-6-13-10(16-12(14-6)23-3)15-11(19)17-25(20,21)7-4-5-24-8(7)9(18)22-2/h5-8H,1-4H3,(H,19,22);4-7H,1-3H3,(H2,15,16,17,18,19,21);4-5H,1-3H3,(H2,13,14,15,16,17,19). The van der Waals surface area contributed by atoms with Crippen molar-refractivity contribution in [3.05, 3.63) is 93.5 Å². The summed E-state index contributed by atoms with van der Waals surface area (Å²) in [6.45, 7) is 4.64. The number of anilines is 3. The van der Waals surface area contributed by atoms with Gasteiger partial charge in [-0.2, -0.15) is 44.9 Å². The predicted molar refractivity (Wildman–Crippen MR) is 267 cm³/mol. The molecule has 6 aromatic rings. The molecule has 37 heteroatoms. The number of aryl methyl sites for hydroxylation is 3. The lowest BCUT2D eigenvalue weighted by atomic mass is 10.2. The number of hydrogen-bond donors (Lipinski definition) is 5. The van der Waals surface area contributed by atoms with Gasteiger partial charge in [0, 0.05) is 7.05 Å². The number of thiophene rings is 1. The van der Waals surface area contributed by atoms with Gasteiger partial charge in [-0.3, -0.25) is 15.5 Å². The molecule has 0 saturated heterocycles. The van der Waals surface area contributed by atoms with Gasteiger partial charge in [0.15, 0.2) is 0 Å². The highest BCUT2D eigenvalue weighted by Crippen LogP contribution is 2.23. The molecule has 2 aromatic carbocycles. The van der Waals surface area contributed by atoms with Crippen molar-refractivity contribution in [2.75, 3.05) is 65.2 Å². The third-order valence-corrected chi connectivity index (χ3v) is 14.1. The Morgan fingerprint density at radius 3 is 1.28 bits per heavy atom. The normalized spacial score (nSPS) is 10.8. The molecule has 4 heterocycles. The molecule has 6 rings (SSSR count). The van der Waals surface area contributed by atoms with Gasteiger partial charge in [0.1, 0.15) is 37.0 Å². The van der Waals surface area contributed by atoms with E-state index in [9.17, 15) is 54.0 Å². The van der Waals surface area contributed by atoms with E-state index in [2.05, 4.69) is 69.7 Å². The first kappa shape index (κ1) is 61.2. The number of benzene rings is 2. The van der Waals surface area contributed by atoms with E-state index in [1.807, 2.05) is 4.72 Å². The second-order valence-electron chi connectivity index (χ2n) is 14.2. The van der Waals surface area contributed by atoms with Crippen LogP contribution in [0.15, 0.2) is 74.7 Å². The molecule has 4 aromatic heterocycles. The molecule has 0 atom stereocenters. The zero-order valence-corrected chi connectivity index (χ0v) is 45.5. The minimum atomic E-state index is -4.37. The molecule has 0 fully saturated rings. The lowest BCUT2D eigenvalue weighted by molar-refractivity contribution is 0.0587. The summed E-state index contributed by atoms with van der Waals surface area (Å²) in [5.41, 5.74) is -0.423. The van der Waals surface area contributed by atoms with Crippen LogP contribution in [-0.2, 0) is 44.3 Å². The fourth-order valence-electron chi connectivity index (χ4n) is 5.54.